The molecule has 0 unspecified atom stereocenters. The van der Waals surface area contributed by atoms with E-state index in [9.17, 15) is 14.4 Å². The molecule has 0 bridgehead atoms. The van der Waals surface area contributed by atoms with Gasteiger partial charge in [-0.05, 0) is 31.9 Å². The van der Waals surface area contributed by atoms with E-state index < -0.39 is 11.9 Å². The Labute approximate surface area is 133 Å². The summed E-state index contributed by atoms with van der Waals surface area (Å²) in [6.07, 6.45) is 3.52. The highest BCUT2D eigenvalue weighted by molar-refractivity contribution is 6.34. The zero-order valence-electron chi connectivity index (χ0n) is 12.3. The highest BCUT2D eigenvalue weighted by atomic mass is 35.5. The van der Waals surface area contributed by atoms with E-state index in [1.807, 2.05) is 0 Å². The summed E-state index contributed by atoms with van der Waals surface area (Å²) >= 11 is 6.03. The fourth-order valence-corrected chi connectivity index (χ4v) is 3.25. The van der Waals surface area contributed by atoms with Gasteiger partial charge in [0.25, 0.3) is 5.91 Å². The summed E-state index contributed by atoms with van der Waals surface area (Å²) in [5.74, 6) is -1.82. The van der Waals surface area contributed by atoms with Gasteiger partial charge in [0.15, 0.2) is 5.78 Å². The molecule has 118 valence electrons. The molecule has 2 rings (SSSR count). The maximum atomic E-state index is 12.8. The van der Waals surface area contributed by atoms with Crippen LogP contribution in [0.2, 0.25) is 5.02 Å². The molecule has 1 aliphatic carbocycles. The van der Waals surface area contributed by atoms with Gasteiger partial charge in [0, 0.05) is 11.6 Å². The van der Waals surface area contributed by atoms with Crippen molar-refractivity contribution in [2.45, 2.75) is 38.6 Å². The third-order valence-corrected chi connectivity index (χ3v) is 4.24. The number of halogens is 1. The number of carbonyl (C=O) groups excluding carboxylic acids is 2. The van der Waals surface area contributed by atoms with E-state index in [1.165, 1.54) is 17.9 Å². The molecule has 0 saturated heterocycles. The van der Waals surface area contributed by atoms with Crippen molar-refractivity contribution in [3.8, 4) is 0 Å². The van der Waals surface area contributed by atoms with Gasteiger partial charge < -0.3 is 10.0 Å². The van der Waals surface area contributed by atoms with Crippen molar-refractivity contribution in [1.29, 1.82) is 0 Å². The third kappa shape index (κ3) is 3.47. The summed E-state index contributed by atoms with van der Waals surface area (Å²) in [5.41, 5.74) is 0.329. The Morgan fingerprint density at radius 1 is 1.27 bits per heavy atom. The number of carboxylic acid groups (broad SMARTS) is 1. The van der Waals surface area contributed by atoms with Crippen LogP contribution >= 0.6 is 11.6 Å². The van der Waals surface area contributed by atoms with Crippen molar-refractivity contribution in [2.24, 2.45) is 0 Å². The van der Waals surface area contributed by atoms with E-state index >= 15 is 0 Å². The Hall–Kier alpha value is -1.88. The maximum Gasteiger partial charge on any atom is 0.323 e. The lowest BCUT2D eigenvalue weighted by molar-refractivity contribution is -0.138. The summed E-state index contributed by atoms with van der Waals surface area (Å²) in [5, 5.41) is 9.29. The summed E-state index contributed by atoms with van der Waals surface area (Å²) < 4.78 is 0. The second-order valence-corrected chi connectivity index (χ2v) is 5.89. The molecule has 0 atom stereocenters. The topological polar surface area (TPSA) is 74.7 Å². The molecular weight excluding hydrogens is 306 g/mol. The number of rotatable bonds is 5. The SMILES string of the molecule is CC(=O)c1c(Cl)cccc1C(=O)N(CC(=O)O)C1CCCC1. The van der Waals surface area contributed by atoms with E-state index in [1.54, 1.807) is 12.1 Å². The van der Waals surface area contributed by atoms with Crippen molar-refractivity contribution < 1.29 is 19.5 Å². The van der Waals surface area contributed by atoms with Crippen LogP contribution in [0.4, 0.5) is 0 Å². The fraction of sp³-hybridized carbons (Fsp3) is 0.438. The number of aliphatic carboxylic acids is 1. The highest BCUT2D eigenvalue weighted by Crippen LogP contribution is 2.27. The Bertz CT molecular complexity index is 608. The lowest BCUT2D eigenvalue weighted by Crippen LogP contribution is -2.42. The minimum absolute atomic E-state index is 0.0950. The van der Waals surface area contributed by atoms with Crippen molar-refractivity contribution >= 4 is 29.3 Å². The Morgan fingerprint density at radius 2 is 1.91 bits per heavy atom. The molecule has 1 aliphatic rings. The molecule has 1 aromatic rings. The normalized spacial score (nSPS) is 14.8. The molecule has 1 N–H and O–H groups in total. The maximum absolute atomic E-state index is 12.8. The summed E-state index contributed by atoms with van der Waals surface area (Å²) in [6.45, 7) is 0.975. The molecular formula is C16H18ClNO4. The molecule has 1 fully saturated rings. The standard InChI is InChI=1S/C16H18ClNO4/c1-10(19)15-12(7-4-8-13(15)17)16(22)18(9-14(20)21)11-5-2-3-6-11/h4,7-8,11H,2-3,5-6,9H2,1H3,(H,20,21). The average molecular weight is 324 g/mol. The van der Waals surface area contributed by atoms with Gasteiger partial charge >= 0.3 is 5.97 Å². The number of hydrogen-bond donors (Lipinski definition) is 1. The summed E-state index contributed by atoms with van der Waals surface area (Å²) in [6, 6.07) is 4.57. The molecule has 1 amide bonds. The molecule has 5 nitrogen and oxygen atoms in total. The van der Waals surface area contributed by atoms with E-state index in [0.717, 1.165) is 25.7 Å². The lowest BCUT2D eigenvalue weighted by atomic mass is 10.0. The predicted octanol–water partition coefficient (Wildman–Crippen LogP) is 3.01. The molecule has 6 heteroatoms. The van der Waals surface area contributed by atoms with Crippen LogP contribution in [0.25, 0.3) is 0 Å². The summed E-state index contributed by atoms with van der Waals surface area (Å²) in [7, 11) is 0. The molecule has 0 spiro atoms. The third-order valence-electron chi connectivity index (χ3n) is 3.93. The molecule has 1 aromatic carbocycles. The number of amides is 1. The first-order valence-electron chi connectivity index (χ1n) is 7.24. The first kappa shape index (κ1) is 16.5. The number of benzene rings is 1. The van der Waals surface area contributed by atoms with Gasteiger partial charge in [-0.15, -0.1) is 0 Å². The van der Waals surface area contributed by atoms with Gasteiger partial charge in [-0.2, -0.15) is 0 Å². The quantitative estimate of drug-likeness (QED) is 0.845. The first-order valence-corrected chi connectivity index (χ1v) is 7.62. The zero-order valence-corrected chi connectivity index (χ0v) is 13.1. The second kappa shape index (κ2) is 6.92. The minimum atomic E-state index is -1.06. The minimum Gasteiger partial charge on any atom is -0.480 e. The van der Waals surface area contributed by atoms with Gasteiger partial charge in [-0.3, -0.25) is 14.4 Å². The van der Waals surface area contributed by atoms with E-state index in [-0.39, 0.29) is 34.5 Å². The lowest BCUT2D eigenvalue weighted by Gasteiger charge is -2.28. The molecule has 0 radical (unpaired) electrons. The van der Waals surface area contributed by atoms with Crippen LogP contribution in [0.5, 0.6) is 0 Å². The smallest absolute Gasteiger partial charge is 0.323 e. The molecule has 22 heavy (non-hydrogen) atoms. The Balaban J connectivity index is 2.40. The van der Waals surface area contributed by atoms with Crippen molar-refractivity contribution in [3.63, 3.8) is 0 Å². The number of Topliss-reactive ketones (excluding diaryl/α,β-unsaturated/α-hetero) is 1. The average Bonchev–Trinajstić information content (AvgIpc) is 2.97. The second-order valence-electron chi connectivity index (χ2n) is 5.48. The van der Waals surface area contributed by atoms with Crippen molar-refractivity contribution in [1.82, 2.24) is 4.90 Å². The van der Waals surface area contributed by atoms with E-state index in [0.29, 0.717) is 0 Å². The monoisotopic (exact) mass is 323 g/mol. The number of ketones is 1. The number of carbonyl (C=O) groups is 3. The first-order chi connectivity index (χ1) is 10.4. The predicted molar refractivity (Wildman–Crippen MR) is 82.4 cm³/mol. The Kier molecular flexibility index (Phi) is 5.19. The van der Waals surface area contributed by atoms with Crippen LogP contribution < -0.4 is 0 Å². The van der Waals surface area contributed by atoms with E-state index in [4.69, 9.17) is 16.7 Å². The zero-order chi connectivity index (χ0) is 16.3. The van der Waals surface area contributed by atoms with Crippen molar-refractivity contribution in [3.05, 3.63) is 34.3 Å². The molecule has 1 saturated carbocycles. The number of nitrogens with zero attached hydrogens (tertiary/aromatic N) is 1. The highest BCUT2D eigenvalue weighted by Gasteiger charge is 2.31. The van der Waals surface area contributed by atoms with Gasteiger partial charge in [-0.25, -0.2) is 0 Å². The fourth-order valence-electron chi connectivity index (χ4n) is 2.94. The van der Waals surface area contributed by atoms with Crippen LogP contribution in [-0.4, -0.2) is 40.3 Å². The van der Waals surface area contributed by atoms with Gasteiger partial charge in [0.2, 0.25) is 0 Å². The number of hydrogen-bond acceptors (Lipinski definition) is 3. The van der Waals surface area contributed by atoms with Crippen LogP contribution in [0.15, 0.2) is 18.2 Å². The van der Waals surface area contributed by atoms with Gasteiger partial charge in [0.05, 0.1) is 10.6 Å². The van der Waals surface area contributed by atoms with Crippen LogP contribution in [0.3, 0.4) is 0 Å². The van der Waals surface area contributed by atoms with Gasteiger partial charge in [-0.1, -0.05) is 30.5 Å². The molecule has 0 aromatic heterocycles. The molecule has 0 heterocycles. The van der Waals surface area contributed by atoms with E-state index in [2.05, 4.69) is 0 Å². The number of carboxylic acids is 1. The van der Waals surface area contributed by atoms with Crippen molar-refractivity contribution in [2.75, 3.05) is 6.54 Å². The van der Waals surface area contributed by atoms with Crippen LogP contribution in [0, 0.1) is 0 Å². The van der Waals surface area contributed by atoms with Crippen LogP contribution in [0.1, 0.15) is 53.3 Å². The Morgan fingerprint density at radius 3 is 2.45 bits per heavy atom. The summed E-state index contributed by atoms with van der Waals surface area (Å²) in [4.78, 5) is 37.0. The van der Waals surface area contributed by atoms with Crippen LogP contribution in [-0.2, 0) is 4.79 Å². The molecule has 0 aliphatic heterocycles. The van der Waals surface area contributed by atoms with Gasteiger partial charge in [0.1, 0.15) is 6.54 Å². The largest absolute Gasteiger partial charge is 0.480 e.